The van der Waals surface area contributed by atoms with E-state index in [9.17, 15) is 28.0 Å². The van der Waals surface area contributed by atoms with E-state index in [1.54, 1.807) is 6.92 Å². The average Bonchev–Trinajstić information content (AvgIpc) is 2.80. The highest BCUT2D eigenvalue weighted by molar-refractivity contribution is 6.08. The first-order valence-corrected chi connectivity index (χ1v) is 7.71. The van der Waals surface area contributed by atoms with Gasteiger partial charge in [-0.05, 0) is 25.5 Å². The van der Waals surface area contributed by atoms with E-state index in [-0.39, 0.29) is 0 Å². The highest BCUT2D eigenvalue weighted by atomic mass is 19.1. The Bertz CT molecular complexity index is 750. The van der Waals surface area contributed by atoms with Gasteiger partial charge in [0.25, 0.3) is 11.8 Å². The maximum Gasteiger partial charge on any atom is 0.326 e. The van der Waals surface area contributed by atoms with E-state index in [1.165, 1.54) is 6.92 Å². The van der Waals surface area contributed by atoms with Crippen LogP contribution in [-0.4, -0.2) is 47.4 Å². The Labute approximate surface area is 147 Å². The Hall–Kier alpha value is -3.04. The van der Waals surface area contributed by atoms with Gasteiger partial charge in [-0.2, -0.15) is 0 Å². The smallest absolute Gasteiger partial charge is 0.326 e. The summed E-state index contributed by atoms with van der Waals surface area (Å²) in [5.41, 5.74) is -1.77. The van der Waals surface area contributed by atoms with Crippen molar-refractivity contribution in [1.82, 2.24) is 10.2 Å². The SMILES string of the molecule is CC[C@]1(C)NC(=O)N(CC(=O)OCC(=O)Nc2c(F)cccc2F)C1=O. The fraction of sp³-hybridized carbons (Fsp3) is 0.375. The number of nitrogens with zero attached hydrogens (tertiary/aromatic N) is 1. The van der Waals surface area contributed by atoms with Crippen LogP contribution in [0.5, 0.6) is 0 Å². The van der Waals surface area contributed by atoms with Crippen molar-refractivity contribution in [3.05, 3.63) is 29.8 Å². The molecule has 1 fully saturated rings. The zero-order chi connectivity index (χ0) is 19.5. The molecule has 1 atom stereocenters. The van der Waals surface area contributed by atoms with Crippen LogP contribution in [0.3, 0.4) is 0 Å². The Balaban J connectivity index is 1.88. The molecule has 0 unspecified atom stereocenters. The zero-order valence-corrected chi connectivity index (χ0v) is 14.1. The normalized spacial score (nSPS) is 19.3. The van der Waals surface area contributed by atoms with E-state index in [0.717, 1.165) is 18.2 Å². The van der Waals surface area contributed by atoms with E-state index >= 15 is 0 Å². The minimum atomic E-state index is -1.10. The van der Waals surface area contributed by atoms with E-state index in [2.05, 4.69) is 10.1 Å². The van der Waals surface area contributed by atoms with Crippen LogP contribution in [0, 0.1) is 11.6 Å². The van der Waals surface area contributed by atoms with Crippen LogP contribution in [0.1, 0.15) is 20.3 Å². The molecule has 1 saturated heterocycles. The number of nitrogens with one attached hydrogen (secondary N) is 2. The number of urea groups is 1. The lowest BCUT2D eigenvalue weighted by molar-refractivity contribution is -0.150. The minimum absolute atomic E-state index is 0.333. The van der Waals surface area contributed by atoms with Crippen LogP contribution < -0.4 is 10.6 Å². The average molecular weight is 369 g/mol. The fourth-order valence-electron chi connectivity index (χ4n) is 2.24. The third kappa shape index (κ3) is 3.95. The lowest BCUT2D eigenvalue weighted by atomic mass is 9.99. The summed E-state index contributed by atoms with van der Waals surface area (Å²) in [6.07, 6.45) is 0.333. The van der Waals surface area contributed by atoms with E-state index in [0.29, 0.717) is 11.3 Å². The highest BCUT2D eigenvalue weighted by Gasteiger charge is 2.47. The predicted octanol–water partition coefficient (Wildman–Crippen LogP) is 1.17. The van der Waals surface area contributed by atoms with Gasteiger partial charge in [0.15, 0.2) is 6.61 Å². The first-order valence-electron chi connectivity index (χ1n) is 7.71. The molecule has 0 radical (unpaired) electrons. The second-order valence-electron chi connectivity index (χ2n) is 5.81. The third-order valence-corrected chi connectivity index (χ3v) is 3.93. The number of hydrogen-bond donors (Lipinski definition) is 2. The lowest BCUT2D eigenvalue weighted by Gasteiger charge is -2.18. The molecule has 8 nitrogen and oxygen atoms in total. The minimum Gasteiger partial charge on any atom is -0.454 e. The summed E-state index contributed by atoms with van der Waals surface area (Å²) in [6.45, 7) is 1.71. The Morgan fingerprint density at radius 1 is 1.27 bits per heavy atom. The molecule has 140 valence electrons. The third-order valence-electron chi connectivity index (χ3n) is 3.93. The molecule has 0 saturated carbocycles. The highest BCUT2D eigenvalue weighted by Crippen LogP contribution is 2.20. The molecule has 1 aliphatic heterocycles. The number of para-hydroxylation sites is 1. The number of amides is 4. The summed E-state index contributed by atoms with van der Waals surface area (Å²) in [7, 11) is 0. The zero-order valence-electron chi connectivity index (χ0n) is 14.1. The number of esters is 1. The van der Waals surface area contributed by atoms with Gasteiger partial charge < -0.3 is 15.4 Å². The number of carbonyl (C=O) groups excluding carboxylic acids is 4. The van der Waals surface area contributed by atoms with Crippen molar-refractivity contribution in [2.24, 2.45) is 0 Å². The summed E-state index contributed by atoms with van der Waals surface area (Å²) in [5.74, 6) is -4.54. The molecule has 0 bridgehead atoms. The van der Waals surface area contributed by atoms with Gasteiger partial charge in [0.1, 0.15) is 29.4 Å². The quantitative estimate of drug-likeness (QED) is 0.579. The molecular formula is C16H17F2N3O5. The Morgan fingerprint density at radius 3 is 2.42 bits per heavy atom. The van der Waals surface area contributed by atoms with Gasteiger partial charge in [-0.25, -0.2) is 13.6 Å². The van der Waals surface area contributed by atoms with Gasteiger partial charge in [-0.1, -0.05) is 13.0 Å². The van der Waals surface area contributed by atoms with E-state index < -0.39 is 59.8 Å². The summed E-state index contributed by atoms with van der Waals surface area (Å²) >= 11 is 0. The molecule has 4 amide bonds. The van der Waals surface area contributed by atoms with Crippen molar-refractivity contribution >= 4 is 29.5 Å². The predicted molar refractivity (Wildman–Crippen MR) is 84.9 cm³/mol. The van der Waals surface area contributed by atoms with Crippen LogP contribution in [0.4, 0.5) is 19.3 Å². The van der Waals surface area contributed by atoms with Gasteiger partial charge in [0.2, 0.25) is 0 Å². The van der Waals surface area contributed by atoms with Crippen LogP contribution in [0.15, 0.2) is 18.2 Å². The van der Waals surface area contributed by atoms with E-state index in [1.807, 2.05) is 5.32 Å². The van der Waals surface area contributed by atoms with Gasteiger partial charge in [-0.15, -0.1) is 0 Å². The molecule has 1 aliphatic rings. The van der Waals surface area contributed by atoms with E-state index in [4.69, 9.17) is 0 Å². The maximum atomic E-state index is 13.4. The molecule has 26 heavy (non-hydrogen) atoms. The van der Waals surface area contributed by atoms with Crippen LogP contribution >= 0.6 is 0 Å². The molecule has 0 spiro atoms. The standard InChI is InChI=1S/C16H17F2N3O5/c1-3-16(2)14(24)21(15(25)20-16)7-12(23)26-8-11(22)19-13-9(17)5-4-6-10(13)18/h4-6H,3,7-8H2,1-2H3,(H,19,22)(H,20,25)/t16-/m0/s1. The van der Waals surface area contributed by atoms with Crippen molar-refractivity contribution in [2.75, 3.05) is 18.5 Å². The summed E-state index contributed by atoms with van der Waals surface area (Å²) in [6, 6.07) is 2.29. The molecule has 1 aromatic rings. The van der Waals surface area contributed by atoms with Crippen molar-refractivity contribution in [3.63, 3.8) is 0 Å². The molecule has 1 aromatic carbocycles. The number of rotatable bonds is 6. The number of imide groups is 1. The van der Waals surface area contributed by atoms with Crippen molar-refractivity contribution < 1.29 is 32.7 Å². The van der Waals surface area contributed by atoms with Crippen molar-refractivity contribution in [3.8, 4) is 0 Å². The molecular weight excluding hydrogens is 352 g/mol. The molecule has 1 heterocycles. The topological polar surface area (TPSA) is 105 Å². The van der Waals surface area contributed by atoms with Gasteiger partial charge in [0.05, 0.1) is 0 Å². The van der Waals surface area contributed by atoms with Gasteiger partial charge in [0, 0.05) is 0 Å². The Kier molecular flexibility index (Phi) is 5.53. The molecule has 10 heteroatoms. The Morgan fingerprint density at radius 2 is 1.88 bits per heavy atom. The second-order valence-corrected chi connectivity index (χ2v) is 5.81. The van der Waals surface area contributed by atoms with Crippen molar-refractivity contribution in [2.45, 2.75) is 25.8 Å². The maximum absolute atomic E-state index is 13.4. The number of ether oxygens (including phenoxy) is 1. The van der Waals surface area contributed by atoms with Gasteiger partial charge in [-0.3, -0.25) is 19.3 Å². The summed E-state index contributed by atoms with van der Waals surface area (Å²) in [4.78, 5) is 48.0. The fourth-order valence-corrected chi connectivity index (χ4v) is 2.24. The van der Waals surface area contributed by atoms with Crippen LogP contribution in [-0.2, 0) is 19.1 Å². The first-order chi connectivity index (χ1) is 12.2. The number of carbonyl (C=O) groups is 4. The number of halogens is 2. The number of hydrogen-bond acceptors (Lipinski definition) is 5. The second kappa shape index (κ2) is 7.46. The van der Waals surface area contributed by atoms with Crippen molar-refractivity contribution in [1.29, 1.82) is 0 Å². The van der Waals surface area contributed by atoms with Gasteiger partial charge >= 0.3 is 12.0 Å². The summed E-state index contributed by atoms with van der Waals surface area (Å²) in [5, 5.41) is 4.40. The molecule has 2 rings (SSSR count). The largest absolute Gasteiger partial charge is 0.454 e. The number of anilines is 1. The van der Waals surface area contributed by atoms with Crippen LogP contribution in [0.2, 0.25) is 0 Å². The number of benzene rings is 1. The molecule has 0 aliphatic carbocycles. The lowest BCUT2D eigenvalue weighted by Crippen LogP contribution is -2.43. The van der Waals surface area contributed by atoms with Crippen LogP contribution in [0.25, 0.3) is 0 Å². The first kappa shape index (κ1) is 19.3. The molecule has 2 N–H and O–H groups in total. The summed E-state index contributed by atoms with van der Waals surface area (Å²) < 4.78 is 31.5. The monoisotopic (exact) mass is 369 g/mol. The molecule has 0 aromatic heterocycles.